The average molecular weight is 357 g/mol. The Balaban J connectivity index is 2.07. The van der Waals surface area contributed by atoms with Crippen molar-refractivity contribution in [1.29, 1.82) is 0 Å². The number of hydrogen-bond donors (Lipinski definition) is 2. The van der Waals surface area contributed by atoms with Gasteiger partial charge in [-0.2, -0.15) is 8.42 Å². The van der Waals surface area contributed by atoms with Crippen LogP contribution in [0.15, 0.2) is 39.3 Å². The summed E-state index contributed by atoms with van der Waals surface area (Å²) in [6, 6.07) is 8.30. The maximum absolute atomic E-state index is 12.0. The second-order valence-corrected chi connectivity index (χ2v) is 7.71. The van der Waals surface area contributed by atoms with Crippen LogP contribution in [0.4, 0.5) is 0 Å². The van der Waals surface area contributed by atoms with E-state index in [0.29, 0.717) is 28.6 Å². The van der Waals surface area contributed by atoms with Gasteiger partial charge in [-0.15, -0.1) is 11.3 Å². The summed E-state index contributed by atoms with van der Waals surface area (Å²) in [4.78, 5) is 18.8. The van der Waals surface area contributed by atoms with Crippen LogP contribution in [-0.2, 0) is 16.5 Å². The van der Waals surface area contributed by atoms with E-state index in [1.165, 1.54) is 6.07 Å². The Morgan fingerprint density at radius 3 is 2.77 bits per heavy atom. The molecule has 2 aromatic heterocycles. The first kappa shape index (κ1) is 15.2. The molecule has 2 heterocycles. The van der Waals surface area contributed by atoms with Crippen molar-refractivity contribution in [1.82, 2.24) is 9.97 Å². The van der Waals surface area contributed by atoms with Crippen LogP contribution in [0.1, 0.15) is 11.4 Å². The highest BCUT2D eigenvalue weighted by molar-refractivity contribution is 7.88. The molecule has 0 spiro atoms. The highest BCUT2D eigenvalue weighted by Gasteiger charge is 2.17. The molecule has 0 amide bonds. The van der Waals surface area contributed by atoms with E-state index in [2.05, 4.69) is 9.97 Å². The number of aromatic amines is 1. The standard InChI is InChI=1S/C13H9ClN2O4S2/c14-8-3-1-2-7(4-8)5-10-15-9-6-11(22(18,19)20)21-12(9)13(17)16-10/h1-4,6H,5H2,(H,15,16,17)(H,18,19,20). The van der Waals surface area contributed by atoms with Gasteiger partial charge < -0.3 is 4.98 Å². The monoisotopic (exact) mass is 356 g/mol. The first-order valence-electron chi connectivity index (χ1n) is 6.07. The lowest BCUT2D eigenvalue weighted by atomic mass is 10.1. The van der Waals surface area contributed by atoms with Gasteiger partial charge in [0.05, 0.1) is 5.52 Å². The minimum absolute atomic E-state index is 0.155. The van der Waals surface area contributed by atoms with Gasteiger partial charge in [-0.05, 0) is 23.8 Å². The zero-order valence-corrected chi connectivity index (χ0v) is 13.3. The molecule has 9 heteroatoms. The van der Waals surface area contributed by atoms with Gasteiger partial charge in [0.25, 0.3) is 5.56 Å². The minimum atomic E-state index is -4.35. The first-order chi connectivity index (χ1) is 10.3. The van der Waals surface area contributed by atoms with Gasteiger partial charge in [0, 0.05) is 11.4 Å². The summed E-state index contributed by atoms with van der Waals surface area (Å²) >= 11 is 6.59. The maximum Gasteiger partial charge on any atom is 0.304 e. The number of nitrogens with zero attached hydrogens (tertiary/aromatic N) is 1. The smallest absolute Gasteiger partial charge is 0.304 e. The van der Waals surface area contributed by atoms with Crippen LogP contribution in [0, 0.1) is 0 Å². The number of H-pyrrole nitrogens is 1. The number of aromatic nitrogens is 2. The van der Waals surface area contributed by atoms with Gasteiger partial charge in [-0.1, -0.05) is 23.7 Å². The lowest BCUT2D eigenvalue weighted by Gasteiger charge is -2.02. The molecule has 0 radical (unpaired) electrons. The second-order valence-electron chi connectivity index (χ2n) is 4.57. The third-order valence-corrected chi connectivity index (χ3v) is 5.59. The van der Waals surface area contributed by atoms with Gasteiger partial charge in [-0.25, -0.2) is 4.98 Å². The lowest BCUT2D eigenvalue weighted by molar-refractivity contribution is 0.485. The molecule has 0 unspecified atom stereocenters. The number of rotatable bonds is 3. The molecule has 6 nitrogen and oxygen atoms in total. The van der Waals surface area contributed by atoms with E-state index in [1.807, 2.05) is 6.07 Å². The fraction of sp³-hybridized carbons (Fsp3) is 0.0769. The van der Waals surface area contributed by atoms with Crippen LogP contribution in [0.25, 0.3) is 10.2 Å². The van der Waals surface area contributed by atoms with Crippen molar-refractivity contribution in [3.63, 3.8) is 0 Å². The normalized spacial score (nSPS) is 11.9. The zero-order valence-electron chi connectivity index (χ0n) is 10.9. The van der Waals surface area contributed by atoms with Crippen LogP contribution in [0.3, 0.4) is 0 Å². The van der Waals surface area contributed by atoms with Crippen LogP contribution in [0.2, 0.25) is 5.02 Å². The molecule has 0 aliphatic heterocycles. The van der Waals surface area contributed by atoms with Crippen molar-refractivity contribution in [3.05, 3.63) is 57.1 Å². The third kappa shape index (κ3) is 3.05. The molecular weight excluding hydrogens is 348 g/mol. The Morgan fingerprint density at radius 2 is 2.09 bits per heavy atom. The van der Waals surface area contributed by atoms with E-state index in [0.717, 1.165) is 5.56 Å². The molecule has 0 atom stereocenters. The fourth-order valence-corrected chi connectivity index (χ4v) is 3.89. The Kier molecular flexibility index (Phi) is 3.77. The third-order valence-electron chi connectivity index (χ3n) is 2.92. The van der Waals surface area contributed by atoms with E-state index in [-0.39, 0.29) is 14.4 Å². The van der Waals surface area contributed by atoms with Gasteiger partial charge in [-0.3, -0.25) is 9.35 Å². The van der Waals surface area contributed by atoms with Crippen molar-refractivity contribution >= 4 is 43.3 Å². The van der Waals surface area contributed by atoms with Crippen molar-refractivity contribution in [2.45, 2.75) is 10.6 Å². The van der Waals surface area contributed by atoms with Crippen LogP contribution in [0.5, 0.6) is 0 Å². The molecule has 0 fully saturated rings. The maximum atomic E-state index is 12.0. The predicted octanol–water partition coefficient (Wildman–Crippen LogP) is 2.48. The number of hydrogen-bond acceptors (Lipinski definition) is 5. The Hall–Kier alpha value is -1.74. The molecule has 2 N–H and O–H groups in total. The van der Waals surface area contributed by atoms with Gasteiger partial charge in [0.15, 0.2) is 0 Å². The van der Waals surface area contributed by atoms with Crippen LogP contribution < -0.4 is 5.56 Å². The highest BCUT2D eigenvalue weighted by atomic mass is 35.5. The van der Waals surface area contributed by atoms with Gasteiger partial charge >= 0.3 is 10.1 Å². The zero-order chi connectivity index (χ0) is 15.9. The molecule has 0 saturated heterocycles. The Morgan fingerprint density at radius 1 is 1.32 bits per heavy atom. The molecule has 114 valence electrons. The molecule has 22 heavy (non-hydrogen) atoms. The Labute approximate surface area is 134 Å². The second kappa shape index (κ2) is 5.47. The number of halogens is 1. The van der Waals surface area contributed by atoms with Crippen molar-refractivity contribution in [2.75, 3.05) is 0 Å². The van der Waals surface area contributed by atoms with Crippen molar-refractivity contribution in [2.24, 2.45) is 0 Å². The first-order valence-corrected chi connectivity index (χ1v) is 8.71. The summed E-state index contributed by atoms with van der Waals surface area (Å²) in [5.41, 5.74) is 0.653. The van der Waals surface area contributed by atoms with Crippen LogP contribution in [-0.4, -0.2) is 22.9 Å². The van der Waals surface area contributed by atoms with Crippen molar-refractivity contribution < 1.29 is 13.0 Å². The summed E-state index contributed by atoms with van der Waals surface area (Å²) in [6.07, 6.45) is 0.350. The number of benzene rings is 1. The minimum Gasteiger partial charge on any atom is -0.309 e. The summed E-state index contributed by atoms with van der Waals surface area (Å²) in [5, 5.41) is 0.574. The summed E-state index contributed by atoms with van der Waals surface area (Å²) < 4.78 is 31.2. The Bertz CT molecular complexity index is 1020. The number of nitrogens with one attached hydrogen (secondary N) is 1. The highest BCUT2D eigenvalue weighted by Crippen LogP contribution is 2.25. The summed E-state index contributed by atoms with van der Waals surface area (Å²) in [5.74, 6) is 0.388. The quantitative estimate of drug-likeness (QED) is 0.702. The number of fused-ring (bicyclic) bond motifs is 1. The predicted molar refractivity (Wildman–Crippen MR) is 84.3 cm³/mol. The van der Waals surface area contributed by atoms with Gasteiger partial charge in [0.2, 0.25) is 0 Å². The van der Waals surface area contributed by atoms with Crippen molar-refractivity contribution in [3.8, 4) is 0 Å². The molecule has 3 rings (SSSR count). The van der Waals surface area contributed by atoms with Crippen LogP contribution >= 0.6 is 22.9 Å². The van der Waals surface area contributed by atoms with E-state index < -0.39 is 15.7 Å². The molecular formula is C13H9ClN2O4S2. The molecule has 0 aliphatic carbocycles. The average Bonchev–Trinajstić information content (AvgIpc) is 2.83. The summed E-state index contributed by atoms with van der Waals surface area (Å²) in [7, 11) is -4.35. The molecule has 0 saturated carbocycles. The number of thiophene rings is 1. The summed E-state index contributed by atoms with van der Waals surface area (Å²) in [6.45, 7) is 0. The van der Waals surface area contributed by atoms with E-state index in [4.69, 9.17) is 16.2 Å². The SMILES string of the molecule is O=c1[nH]c(Cc2cccc(Cl)c2)nc2cc(S(=O)(=O)O)sc12. The topological polar surface area (TPSA) is 100 Å². The van der Waals surface area contributed by atoms with E-state index >= 15 is 0 Å². The van der Waals surface area contributed by atoms with E-state index in [1.54, 1.807) is 18.2 Å². The molecule has 0 aliphatic rings. The molecule has 1 aromatic carbocycles. The lowest BCUT2D eigenvalue weighted by Crippen LogP contribution is -2.10. The largest absolute Gasteiger partial charge is 0.309 e. The molecule has 0 bridgehead atoms. The molecule has 3 aromatic rings. The van der Waals surface area contributed by atoms with Gasteiger partial charge in [0.1, 0.15) is 14.7 Å². The fourth-order valence-electron chi connectivity index (χ4n) is 2.02. The van der Waals surface area contributed by atoms with E-state index in [9.17, 15) is 13.2 Å².